The Morgan fingerprint density at radius 2 is 1.88 bits per heavy atom. The van der Waals surface area contributed by atoms with E-state index in [1.807, 2.05) is 19.1 Å². The number of methoxy groups -OCH3 is 2. The molecule has 0 radical (unpaired) electrons. The fourth-order valence-electron chi connectivity index (χ4n) is 1.69. The normalized spacial score (nSPS) is 10.5. The van der Waals surface area contributed by atoms with Crippen molar-refractivity contribution in [3.8, 4) is 11.5 Å². The van der Waals surface area contributed by atoms with E-state index in [0.717, 1.165) is 23.1 Å². The van der Waals surface area contributed by atoms with Crippen LogP contribution in [-0.4, -0.2) is 24.2 Å². The van der Waals surface area contributed by atoms with E-state index in [4.69, 9.17) is 21.7 Å². The standard InChI is InChI=1S/C12H14N2O2S/c1-4-11-13-8-6-10(16-3)9(15-2)5-7(8)12(17)14-11/h5-6H,4H2,1-3H3,(H,13,14,17). The summed E-state index contributed by atoms with van der Waals surface area (Å²) in [7, 11) is 3.21. The number of aromatic nitrogens is 2. The lowest BCUT2D eigenvalue weighted by molar-refractivity contribution is 0.355. The number of rotatable bonds is 3. The number of benzene rings is 1. The van der Waals surface area contributed by atoms with E-state index in [1.165, 1.54) is 0 Å². The SMILES string of the molecule is CCc1nc(=S)c2cc(OC)c(OC)cc2[nH]1. The lowest BCUT2D eigenvalue weighted by Gasteiger charge is -2.09. The molecule has 0 bridgehead atoms. The third-order valence-electron chi connectivity index (χ3n) is 2.60. The van der Waals surface area contributed by atoms with Gasteiger partial charge in [0.25, 0.3) is 0 Å². The van der Waals surface area contributed by atoms with E-state index in [-0.39, 0.29) is 0 Å². The largest absolute Gasteiger partial charge is 0.493 e. The fraction of sp³-hybridized carbons (Fsp3) is 0.333. The van der Waals surface area contributed by atoms with E-state index in [2.05, 4.69) is 9.97 Å². The van der Waals surface area contributed by atoms with Crippen LogP contribution in [-0.2, 0) is 6.42 Å². The van der Waals surface area contributed by atoms with Crippen molar-refractivity contribution in [3.63, 3.8) is 0 Å². The van der Waals surface area contributed by atoms with Gasteiger partial charge in [0.15, 0.2) is 11.5 Å². The Labute approximate surface area is 105 Å². The maximum atomic E-state index is 5.27. The third kappa shape index (κ3) is 2.10. The van der Waals surface area contributed by atoms with Gasteiger partial charge in [0, 0.05) is 17.9 Å². The van der Waals surface area contributed by atoms with Gasteiger partial charge in [-0.15, -0.1) is 0 Å². The summed E-state index contributed by atoms with van der Waals surface area (Å²) in [6.07, 6.45) is 0.813. The Hall–Kier alpha value is -1.62. The maximum absolute atomic E-state index is 5.27. The van der Waals surface area contributed by atoms with Crippen LogP contribution in [0.15, 0.2) is 12.1 Å². The first kappa shape index (κ1) is 11.9. The molecule has 0 atom stereocenters. The fourth-order valence-corrected chi connectivity index (χ4v) is 1.97. The Morgan fingerprint density at radius 3 is 2.47 bits per heavy atom. The summed E-state index contributed by atoms with van der Waals surface area (Å²) < 4.78 is 11.1. The average molecular weight is 250 g/mol. The van der Waals surface area contributed by atoms with Gasteiger partial charge in [0.1, 0.15) is 10.5 Å². The van der Waals surface area contributed by atoms with Gasteiger partial charge < -0.3 is 14.5 Å². The van der Waals surface area contributed by atoms with Crippen molar-refractivity contribution in [2.75, 3.05) is 14.2 Å². The minimum absolute atomic E-state index is 0.580. The van der Waals surface area contributed by atoms with Crippen molar-refractivity contribution in [2.24, 2.45) is 0 Å². The number of nitrogens with zero attached hydrogens (tertiary/aromatic N) is 1. The number of hydrogen-bond donors (Lipinski definition) is 1. The van der Waals surface area contributed by atoms with Crippen LogP contribution in [0.5, 0.6) is 11.5 Å². The molecule has 5 heteroatoms. The summed E-state index contributed by atoms with van der Waals surface area (Å²) in [6, 6.07) is 3.73. The Balaban J connectivity index is 2.78. The van der Waals surface area contributed by atoms with Crippen LogP contribution in [0.3, 0.4) is 0 Å². The molecule has 1 heterocycles. The number of fused-ring (bicyclic) bond motifs is 1. The molecule has 4 nitrogen and oxygen atoms in total. The number of nitrogens with one attached hydrogen (secondary N) is 1. The van der Waals surface area contributed by atoms with E-state index < -0.39 is 0 Å². The molecule has 0 unspecified atom stereocenters. The molecule has 2 rings (SSSR count). The van der Waals surface area contributed by atoms with Crippen LogP contribution >= 0.6 is 12.2 Å². The van der Waals surface area contributed by atoms with E-state index in [9.17, 15) is 0 Å². The smallest absolute Gasteiger partial charge is 0.162 e. The van der Waals surface area contributed by atoms with Crippen LogP contribution in [0.4, 0.5) is 0 Å². The van der Waals surface area contributed by atoms with Gasteiger partial charge in [0.05, 0.1) is 19.7 Å². The lowest BCUT2D eigenvalue weighted by Crippen LogP contribution is -1.96. The van der Waals surface area contributed by atoms with Gasteiger partial charge in [-0.3, -0.25) is 0 Å². The van der Waals surface area contributed by atoms with E-state index in [0.29, 0.717) is 16.1 Å². The summed E-state index contributed by atoms with van der Waals surface area (Å²) >= 11 is 5.27. The zero-order chi connectivity index (χ0) is 12.4. The first-order valence-electron chi connectivity index (χ1n) is 5.34. The monoisotopic (exact) mass is 250 g/mol. The second-order valence-corrected chi connectivity index (χ2v) is 3.98. The van der Waals surface area contributed by atoms with Crippen LogP contribution < -0.4 is 9.47 Å². The van der Waals surface area contributed by atoms with Crippen LogP contribution in [0.1, 0.15) is 12.7 Å². The van der Waals surface area contributed by atoms with Crippen molar-refractivity contribution >= 4 is 23.1 Å². The van der Waals surface area contributed by atoms with E-state index >= 15 is 0 Å². The summed E-state index contributed by atoms with van der Waals surface area (Å²) in [5, 5.41) is 0.870. The molecule has 0 aliphatic rings. The second-order valence-electron chi connectivity index (χ2n) is 3.59. The van der Waals surface area contributed by atoms with Crippen LogP contribution in [0.25, 0.3) is 10.9 Å². The second kappa shape index (κ2) is 4.71. The Kier molecular flexibility index (Phi) is 3.28. The maximum Gasteiger partial charge on any atom is 0.162 e. The van der Waals surface area contributed by atoms with Crippen molar-refractivity contribution in [1.29, 1.82) is 0 Å². The number of ether oxygens (including phenoxy) is 2. The Bertz CT molecular complexity index is 607. The molecule has 90 valence electrons. The van der Waals surface area contributed by atoms with E-state index in [1.54, 1.807) is 14.2 Å². The van der Waals surface area contributed by atoms with Crippen molar-refractivity contribution < 1.29 is 9.47 Å². The highest BCUT2D eigenvalue weighted by Gasteiger charge is 2.08. The minimum Gasteiger partial charge on any atom is -0.493 e. The number of H-pyrrole nitrogens is 1. The molecular weight excluding hydrogens is 236 g/mol. The highest BCUT2D eigenvalue weighted by Crippen LogP contribution is 2.31. The number of aromatic amines is 1. The van der Waals surface area contributed by atoms with Gasteiger partial charge in [-0.1, -0.05) is 19.1 Å². The quantitative estimate of drug-likeness (QED) is 0.851. The molecule has 17 heavy (non-hydrogen) atoms. The molecule has 1 N–H and O–H groups in total. The first-order valence-corrected chi connectivity index (χ1v) is 5.75. The highest BCUT2D eigenvalue weighted by molar-refractivity contribution is 7.71. The molecule has 0 amide bonds. The zero-order valence-corrected chi connectivity index (χ0v) is 10.9. The average Bonchev–Trinajstić information content (AvgIpc) is 2.36. The molecule has 1 aromatic carbocycles. The van der Waals surface area contributed by atoms with Gasteiger partial charge in [-0.2, -0.15) is 0 Å². The highest BCUT2D eigenvalue weighted by atomic mass is 32.1. The number of aryl methyl sites for hydroxylation is 1. The van der Waals surface area contributed by atoms with Crippen molar-refractivity contribution in [2.45, 2.75) is 13.3 Å². The lowest BCUT2D eigenvalue weighted by atomic mass is 10.2. The summed E-state index contributed by atoms with van der Waals surface area (Å²) in [6.45, 7) is 2.03. The molecule has 0 fully saturated rings. The predicted octanol–water partition coefficient (Wildman–Crippen LogP) is 2.87. The van der Waals surface area contributed by atoms with Gasteiger partial charge in [0.2, 0.25) is 0 Å². The van der Waals surface area contributed by atoms with Gasteiger partial charge in [-0.05, 0) is 6.07 Å². The van der Waals surface area contributed by atoms with Gasteiger partial charge >= 0.3 is 0 Å². The predicted molar refractivity (Wildman–Crippen MR) is 69.4 cm³/mol. The molecule has 0 aliphatic carbocycles. The minimum atomic E-state index is 0.580. The van der Waals surface area contributed by atoms with Gasteiger partial charge in [-0.25, -0.2) is 4.98 Å². The third-order valence-corrected chi connectivity index (χ3v) is 2.92. The van der Waals surface area contributed by atoms with Crippen molar-refractivity contribution in [3.05, 3.63) is 22.6 Å². The molecule has 0 saturated carbocycles. The van der Waals surface area contributed by atoms with Crippen molar-refractivity contribution in [1.82, 2.24) is 9.97 Å². The topological polar surface area (TPSA) is 47.1 Å². The molecule has 2 aromatic rings. The summed E-state index contributed by atoms with van der Waals surface area (Å²) in [4.78, 5) is 7.54. The van der Waals surface area contributed by atoms with Crippen LogP contribution in [0.2, 0.25) is 0 Å². The molecule has 0 spiro atoms. The molecule has 0 aliphatic heterocycles. The molecular formula is C12H14N2O2S. The molecule has 0 saturated heterocycles. The summed E-state index contributed by atoms with van der Waals surface area (Å²) in [5.74, 6) is 2.21. The zero-order valence-electron chi connectivity index (χ0n) is 10.0. The summed E-state index contributed by atoms with van der Waals surface area (Å²) in [5.41, 5.74) is 0.916. The Morgan fingerprint density at radius 1 is 1.24 bits per heavy atom. The van der Waals surface area contributed by atoms with Crippen LogP contribution in [0, 0.1) is 4.64 Å². The number of hydrogen-bond acceptors (Lipinski definition) is 4. The molecule has 1 aromatic heterocycles. The first-order chi connectivity index (χ1) is 8.19.